The summed E-state index contributed by atoms with van der Waals surface area (Å²) < 4.78 is 26.5. The lowest BCUT2D eigenvalue weighted by Gasteiger charge is -2.11. The van der Waals surface area contributed by atoms with Crippen LogP contribution in [-0.2, 0) is 19.7 Å². The number of hydrogen-bond acceptors (Lipinski definition) is 9. The molecule has 1 amide bonds. The zero-order chi connectivity index (χ0) is 32.2. The molecule has 0 fully saturated rings. The number of aryl methyl sites for hydroxylation is 3. The zero-order valence-corrected chi connectivity index (χ0v) is 26.4. The number of aromatic nitrogens is 6. The van der Waals surface area contributed by atoms with Crippen molar-refractivity contribution in [3.8, 4) is 34.7 Å². The summed E-state index contributed by atoms with van der Waals surface area (Å²) in [5, 5.41) is 13.0. The van der Waals surface area contributed by atoms with E-state index in [0.29, 0.717) is 58.7 Å². The highest BCUT2D eigenvalue weighted by Gasteiger charge is 2.25. The van der Waals surface area contributed by atoms with Crippen LogP contribution in [0.1, 0.15) is 46.3 Å². The fourth-order valence-electron chi connectivity index (χ4n) is 5.24. The number of oxazole rings is 1. The van der Waals surface area contributed by atoms with Crippen molar-refractivity contribution >= 4 is 16.8 Å². The molecule has 4 heterocycles. The lowest BCUT2D eigenvalue weighted by molar-refractivity contribution is 0.0947. The van der Waals surface area contributed by atoms with E-state index in [9.17, 15) is 4.79 Å². The average molecular weight is 622 g/mol. The summed E-state index contributed by atoms with van der Waals surface area (Å²) >= 11 is 0. The Morgan fingerprint density at radius 1 is 1.02 bits per heavy atom. The van der Waals surface area contributed by atoms with Gasteiger partial charge in [-0.1, -0.05) is 37.3 Å². The number of methoxy groups -OCH3 is 2. The molecule has 0 spiro atoms. The van der Waals surface area contributed by atoms with E-state index in [2.05, 4.69) is 22.3 Å². The Morgan fingerprint density at radius 3 is 2.61 bits per heavy atom. The first kappa shape index (κ1) is 30.4. The number of amides is 1. The molecule has 46 heavy (non-hydrogen) atoms. The second-order valence-electron chi connectivity index (χ2n) is 10.7. The van der Waals surface area contributed by atoms with Crippen LogP contribution in [0, 0.1) is 13.8 Å². The average Bonchev–Trinajstić information content (AvgIpc) is 3.78. The van der Waals surface area contributed by atoms with Crippen LogP contribution in [0.5, 0.6) is 17.2 Å². The van der Waals surface area contributed by atoms with Gasteiger partial charge < -0.3 is 23.9 Å². The number of benzene rings is 2. The zero-order valence-electron chi connectivity index (χ0n) is 26.4. The van der Waals surface area contributed by atoms with Gasteiger partial charge in [0.15, 0.2) is 23.0 Å². The van der Waals surface area contributed by atoms with Crippen molar-refractivity contribution in [2.45, 2.75) is 46.9 Å². The third kappa shape index (κ3) is 6.01. The lowest BCUT2D eigenvalue weighted by Crippen LogP contribution is -2.24. The molecule has 0 bridgehead atoms. The summed E-state index contributed by atoms with van der Waals surface area (Å²) in [6.07, 6.45) is 4.04. The van der Waals surface area contributed by atoms with Crippen LogP contribution in [0.2, 0.25) is 0 Å². The number of nitrogens with zero attached hydrogens (tertiary/aromatic N) is 6. The minimum atomic E-state index is -0.357. The van der Waals surface area contributed by atoms with Crippen molar-refractivity contribution in [1.29, 1.82) is 0 Å². The van der Waals surface area contributed by atoms with Gasteiger partial charge in [-0.05, 0) is 44.0 Å². The number of ether oxygens (including phenoxy) is 3. The number of carbonyl (C=O) groups is 1. The quantitative estimate of drug-likeness (QED) is 0.179. The van der Waals surface area contributed by atoms with Crippen LogP contribution < -0.4 is 19.5 Å². The monoisotopic (exact) mass is 621 g/mol. The molecule has 0 aliphatic heterocycles. The van der Waals surface area contributed by atoms with Crippen LogP contribution in [0.15, 0.2) is 71.5 Å². The van der Waals surface area contributed by atoms with Crippen molar-refractivity contribution in [1.82, 2.24) is 34.8 Å². The smallest absolute Gasteiger partial charge is 0.272 e. The van der Waals surface area contributed by atoms with Gasteiger partial charge >= 0.3 is 0 Å². The fraction of sp³-hybridized carbons (Fsp3) is 0.265. The summed E-state index contributed by atoms with van der Waals surface area (Å²) in [6, 6.07) is 17.2. The molecule has 6 rings (SSSR count). The van der Waals surface area contributed by atoms with Gasteiger partial charge in [0.1, 0.15) is 30.1 Å². The molecule has 0 atom stereocenters. The summed E-state index contributed by atoms with van der Waals surface area (Å²) in [6.45, 7) is 7.10. The Bertz CT molecular complexity index is 1990. The molecular weight excluding hydrogens is 586 g/mol. The molecular formula is C34H35N7O5. The van der Waals surface area contributed by atoms with Crippen LogP contribution in [-0.4, -0.2) is 49.7 Å². The Kier molecular flexibility index (Phi) is 8.68. The minimum absolute atomic E-state index is 0.227. The molecule has 0 aliphatic carbocycles. The largest absolute Gasteiger partial charge is 0.497 e. The van der Waals surface area contributed by atoms with Crippen LogP contribution in [0.4, 0.5) is 0 Å². The molecule has 0 saturated carbocycles. The number of fused-ring (bicyclic) bond motifs is 1. The SMILES string of the molecule is CCCn1nc(C)c(OCc2ccccc2)c1-c1nc(-n2nc(C(=O)NCc3ccc(OC)cc3OC)c3cc(C)ncc32)co1. The molecule has 0 aliphatic rings. The number of rotatable bonds is 12. The highest BCUT2D eigenvalue weighted by atomic mass is 16.5. The van der Waals surface area contributed by atoms with Gasteiger partial charge in [0.25, 0.3) is 11.8 Å². The molecule has 12 nitrogen and oxygen atoms in total. The van der Waals surface area contributed by atoms with Crippen molar-refractivity contribution in [2.75, 3.05) is 14.2 Å². The Hall–Kier alpha value is -5.65. The number of carbonyl (C=O) groups excluding carboxylic acids is 1. The molecule has 0 radical (unpaired) electrons. The van der Waals surface area contributed by atoms with E-state index in [1.165, 1.54) is 6.26 Å². The van der Waals surface area contributed by atoms with E-state index in [1.54, 1.807) is 31.2 Å². The van der Waals surface area contributed by atoms with Gasteiger partial charge in [-0.3, -0.25) is 14.5 Å². The van der Waals surface area contributed by atoms with E-state index in [0.717, 1.165) is 28.9 Å². The van der Waals surface area contributed by atoms with Crippen molar-refractivity contribution < 1.29 is 23.4 Å². The Morgan fingerprint density at radius 2 is 1.85 bits per heavy atom. The summed E-state index contributed by atoms with van der Waals surface area (Å²) in [5.74, 6) is 2.22. The predicted molar refractivity (Wildman–Crippen MR) is 171 cm³/mol. The van der Waals surface area contributed by atoms with E-state index in [4.69, 9.17) is 28.7 Å². The number of hydrogen-bond donors (Lipinski definition) is 1. The molecule has 1 N–H and O–H groups in total. The van der Waals surface area contributed by atoms with Crippen molar-refractivity contribution in [2.24, 2.45) is 0 Å². The topological polar surface area (TPSA) is 131 Å². The number of pyridine rings is 1. The second-order valence-corrected chi connectivity index (χ2v) is 10.7. The summed E-state index contributed by atoms with van der Waals surface area (Å²) in [7, 11) is 3.16. The van der Waals surface area contributed by atoms with E-state index in [-0.39, 0.29) is 18.1 Å². The standard InChI is InChI=1S/C34H35N7O5/c1-6-14-40-31(32(22(3)38-40)45-19-23-10-8-7-9-11-23)34-37-29(20-46-34)41-27-18-35-21(2)15-26(27)30(39-41)33(42)36-17-24-12-13-25(43-4)16-28(24)44-5/h7-13,15-16,18,20H,6,14,17,19H2,1-5H3,(H,36,42). The Labute approximate surface area is 265 Å². The van der Waals surface area contributed by atoms with Crippen molar-refractivity contribution in [3.63, 3.8) is 0 Å². The highest BCUT2D eigenvalue weighted by Crippen LogP contribution is 2.35. The van der Waals surface area contributed by atoms with Crippen LogP contribution in [0.25, 0.3) is 28.3 Å². The minimum Gasteiger partial charge on any atom is -0.497 e. The van der Waals surface area contributed by atoms with Gasteiger partial charge in [-0.25, -0.2) is 4.68 Å². The first-order valence-electron chi connectivity index (χ1n) is 14.9. The van der Waals surface area contributed by atoms with Crippen LogP contribution in [0.3, 0.4) is 0 Å². The van der Waals surface area contributed by atoms with Gasteiger partial charge in [0.05, 0.1) is 25.9 Å². The molecule has 0 saturated heterocycles. The maximum absolute atomic E-state index is 13.5. The van der Waals surface area contributed by atoms with E-state index < -0.39 is 0 Å². The third-order valence-corrected chi connectivity index (χ3v) is 7.50. The van der Waals surface area contributed by atoms with Gasteiger partial charge in [0, 0.05) is 35.8 Å². The fourth-order valence-corrected chi connectivity index (χ4v) is 5.24. The molecule has 2 aromatic carbocycles. The molecule has 6 aromatic rings. The first-order valence-corrected chi connectivity index (χ1v) is 14.9. The first-order chi connectivity index (χ1) is 22.4. The highest BCUT2D eigenvalue weighted by molar-refractivity contribution is 6.05. The molecule has 0 unspecified atom stereocenters. The van der Waals surface area contributed by atoms with Gasteiger partial charge in [-0.15, -0.1) is 0 Å². The van der Waals surface area contributed by atoms with Gasteiger partial charge in [0.2, 0.25) is 0 Å². The Balaban J connectivity index is 1.33. The van der Waals surface area contributed by atoms with E-state index in [1.807, 2.05) is 67.1 Å². The predicted octanol–water partition coefficient (Wildman–Crippen LogP) is 5.83. The third-order valence-electron chi connectivity index (χ3n) is 7.50. The lowest BCUT2D eigenvalue weighted by atomic mass is 10.1. The summed E-state index contributed by atoms with van der Waals surface area (Å²) in [4.78, 5) is 22.8. The second kappa shape index (κ2) is 13.1. The normalized spacial score (nSPS) is 11.2. The van der Waals surface area contributed by atoms with Gasteiger partial charge in [-0.2, -0.15) is 15.2 Å². The molecule has 12 heteroatoms. The molecule has 4 aromatic heterocycles. The van der Waals surface area contributed by atoms with Crippen LogP contribution >= 0.6 is 0 Å². The molecule has 236 valence electrons. The van der Waals surface area contributed by atoms with Crippen molar-refractivity contribution in [3.05, 3.63) is 95.3 Å². The maximum Gasteiger partial charge on any atom is 0.272 e. The number of nitrogens with one attached hydrogen (secondary N) is 1. The summed E-state index contributed by atoms with van der Waals surface area (Å²) in [5.41, 5.74) is 4.79. The van der Waals surface area contributed by atoms with E-state index >= 15 is 0 Å². The maximum atomic E-state index is 13.5.